The highest BCUT2D eigenvalue weighted by molar-refractivity contribution is 5.77. The molecule has 0 aliphatic carbocycles. The highest BCUT2D eigenvalue weighted by Crippen LogP contribution is 2.43. The second-order valence-corrected chi connectivity index (χ2v) is 11.5. The van der Waals surface area contributed by atoms with Crippen molar-refractivity contribution in [1.82, 2.24) is 5.32 Å². The van der Waals surface area contributed by atoms with Gasteiger partial charge in [0.15, 0.2) is 0 Å². The van der Waals surface area contributed by atoms with Crippen molar-refractivity contribution in [3.05, 3.63) is 169 Å². The van der Waals surface area contributed by atoms with Crippen LogP contribution < -0.4 is 5.32 Å². The number of nitrogens with one attached hydrogen (secondary N) is 1. The summed E-state index contributed by atoms with van der Waals surface area (Å²) in [6.07, 6.45) is 1.92. The molecule has 1 atom stereocenters. The van der Waals surface area contributed by atoms with E-state index in [2.05, 4.69) is 139 Å². The first-order valence-corrected chi connectivity index (χ1v) is 15.2. The van der Waals surface area contributed by atoms with Gasteiger partial charge in [-0.05, 0) is 111 Å². The monoisotopic (exact) mass is 557 g/mol. The molecule has 0 aromatic heterocycles. The van der Waals surface area contributed by atoms with Crippen LogP contribution in [0.15, 0.2) is 158 Å². The third-order valence-electron chi connectivity index (χ3n) is 8.74. The number of aliphatic hydroxyl groups is 1. The Morgan fingerprint density at radius 3 is 1.05 bits per heavy atom. The zero-order valence-corrected chi connectivity index (χ0v) is 24.2. The van der Waals surface area contributed by atoms with E-state index in [-0.39, 0.29) is 6.04 Å². The summed E-state index contributed by atoms with van der Waals surface area (Å²) in [4.78, 5) is 0. The lowest BCUT2D eigenvalue weighted by atomic mass is 9.76. The van der Waals surface area contributed by atoms with Crippen molar-refractivity contribution in [3.63, 3.8) is 0 Å². The lowest BCUT2D eigenvalue weighted by molar-refractivity contribution is 0.0444. The lowest BCUT2D eigenvalue weighted by Gasteiger charge is -2.37. The van der Waals surface area contributed by atoms with Crippen LogP contribution in [0.5, 0.6) is 0 Å². The molecule has 6 aromatic rings. The van der Waals surface area contributed by atoms with E-state index in [1.165, 1.54) is 0 Å². The molecule has 2 heteroatoms. The molecule has 0 saturated carbocycles. The number of hydrogen-bond acceptors (Lipinski definition) is 2. The molecule has 0 unspecified atom stereocenters. The van der Waals surface area contributed by atoms with Gasteiger partial charge in [-0.2, -0.15) is 0 Å². The summed E-state index contributed by atoms with van der Waals surface area (Å²) in [7, 11) is 0. The molecular formula is C41H35NO. The molecule has 1 aliphatic heterocycles. The van der Waals surface area contributed by atoms with Gasteiger partial charge in [-0.25, -0.2) is 0 Å². The minimum atomic E-state index is -1.26. The van der Waals surface area contributed by atoms with E-state index in [9.17, 15) is 5.11 Å². The average molecular weight is 558 g/mol. The van der Waals surface area contributed by atoms with Crippen molar-refractivity contribution in [1.29, 1.82) is 0 Å². The van der Waals surface area contributed by atoms with Gasteiger partial charge in [-0.1, -0.05) is 121 Å². The average Bonchev–Trinajstić information content (AvgIpc) is 3.65. The molecule has 2 N–H and O–H groups in total. The molecule has 1 aliphatic rings. The Hall–Kier alpha value is -4.76. The van der Waals surface area contributed by atoms with Crippen molar-refractivity contribution in [2.24, 2.45) is 0 Å². The van der Waals surface area contributed by atoms with Gasteiger partial charge in [-0.15, -0.1) is 0 Å². The number of rotatable bonds is 7. The Kier molecular flexibility index (Phi) is 7.47. The van der Waals surface area contributed by atoms with Crippen LogP contribution in [0.4, 0.5) is 0 Å². The van der Waals surface area contributed by atoms with Gasteiger partial charge < -0.3 is 10.4 Å². The summed E-state index contributed by atoms with van der Waals surface area (Å²) in [6, 6.07) is 55.1. The minimum Gasteiger partial charge on any atom is -0.379 e. The van der Waals surface area contributed by atoms with Gasteiger partial charge in [0.05, 0.1) is 0 Å². The second-order valence-electron chi connectivity index (χ2n) is 11.5. The van der Waals surface area contributed by atoms with Crippen LogP contribution in [-0.2, 0) is 5.60 Å². The van der Waals surface area contributed by atoms with E-state index in [1.54, 1.807) is 0 Å². The maximum Gasteiger partial charge on any atom is 0.130 e. The SMILES string of the molecule is OC(c1cc(-c2ccccc2)cc(-c2ccccc2)c1)(c1cc(-c2ccccc2)cc(-c2ccccc2)c1)[C@@H]1CCCN1. The van der Waals surface area contributed by atoms with Crippen molar-refractivity contribution in [2.45, 2.75) is 24.5 Å². The predicted molar refractivity (Wildman–Crippen MR) is 179 cm³/mol. The standard InChI is InChI=1S/C41H35NO/c43-41(40-22-13-23-42-40,38-26-34(30-14-5-1-6-15-30)24-35(27-38)31-16-7-2-8-17-31)39-28-36(32-18-9-3-10-19-32)25-37(29-39)33-20-11-4-12-21-33/h1-12,14-21,24-29,40,42-43H,13,22-23H2/t40-/m0/s1. The van der Waals surface area contributed by atoms with Gasteiger partial charge in [0.1, 0.15) is 5.60 Å². The highest BCUT2D eigenvalue weighted by Gasteiger charge is 2.42. The lowest BCUT2D eigenvalue weighted by Crippen LogP contribution is -2.46. The van der Waals surface area contributed by atoms with Crippen LogP contribution in [0.2, 0.25) is 0 Å². The summed E-state index contributed by atoms with van der Waals surface area (Å²) in [5.74, 6) is 0. The molecule has 6 aromatic carbocycles. The van der Waals surface area contributed by atoms with Gasteiger partial charge >= 0.3 is 0 Å². The summed E-state index contributed by atoms with van der Waals surface area (Å²) >= 11 is 0. The Bertz CT molecular complexity index is 1570. The molecule has 43 heavy (non-hydrogen) atoms. The molecule has 0 amide bonds. The molecule has 1 fully saturated rings. The molecule has 0 radical (unpaired) electrons. The minimum absolute atomic E-state index is 0.128. The number of hydrogen-bond donors (Lipinski definition) is 2. The van der Waals surface area contributed by atoms with Crippen molar-refractivity contribution < 1.29 is 5.11 Å². The topological polar surface area (TPSA) is 32.3 Å². The molecule has 0 spiro atoms. The van der Waals surface area contributed by atoms with Gasteiger partial charge in [0.25, 0.3) is 0 Å². The second kappa shape index (κ2) is 11.9. The fraction of sp³-hybridized carbons (Fsp3) is 0.122. The molecule has 0 bridgehead atoms. The first-order valence-electron chi connectivity index (χ1n) is 15.2. The Morgan fingerprint density at radius 1 is 0.442 bits per heavy atom. The van der Waals surface area contributed by atoms with E-state index in [1.807, 2.05) is 24.3 Å². The van der Waals surface area contributed by atoms with Gasteiger partial charge in [-0.3, -0.25) is 0 Å². The van der Waals surface area contributed by atoms with Crippen LogP contribution in [0.25, 0.3) is 44.5 Å². The predicted octanol–water partition coefficient (Wildman–Crippen LogP) is 9.34. The van der Waals surface area contributed by atoms with E-state index in [0.29, 0.717) is 0 Å². The molecule has 1 saturated heterocycles. The molecule has 1 heterocycles. The Balaban J connectivity index is 1.49. The largest absolute Gasteiger partial charge is 0.379 e. The van der Waals surface area contributed by atoms with E-state index >= 15 is 0 Å². The fourth-order valence-electron chi connectivity index (χ4n) is 6.49. The molecule has 2 nitrogen and oxygen atoms in total. The summed E-state index contributed by atoms with van der Waals surface area (Å²) in [6.45, 7) is 0.890. The van der Waals surface area contributed by atoms with Gasteiger partial charge in [0, 0.05) is 6.04 Å². The smallest absolute Gasteiger partial charge is 0.130 e. The van der Waals surface area contributed by atoms with Crippen LogP contribution in [0.1, 0.15) is 24.0 Å². The van der Waals surface area contributed by atoms with Crippen LogP contribution in [-0.4, -0.2) is 17.7 Å². The van der Waals surface area contributed by atoms with Crippen molar-refractivity contribution >= 4 is 0 Å². The Morgan fingerprint density at radius 2 is 0.767 bits per heavy atom. The first-order chi connectivity index (χ1) is 21.2. The highest BCUT2D eigenvalue weighted by atomic mass is 16.3. The van der Waals surface area contributed by atoms with E-state index < -0.39 is 5.60 Å². The maximum atomic E-state index is 13.3. The Labute approximate surface area is 254 Å². The summed E-state index contributed by atoms with van der Waals surface area (Å²) in [5.41, 5.74) is 9.43. The molecule has 7 rings (SSSR count). The van der Waals surface area contributed by atoms with Gasteiger partial charge in [0.2, 0.25) is 0 Å². The van der Waals surface area contributed by atoms with E-state index in [0.717, 1.165) is 75.0 Å². The number of benzene rings is 6. The van der Waals surface area contributed by atoms with Crippen LogP contribution in [0, 0.1) is 0 Å². The van der Waals surface area contributed by atoms with Crippen LogP contribution in [0.3, 0.4) is 0 Å². The third kappa shape index (κ3) is 5.44. The quantitative estimate of drug-likeness (QED) is 0.205. The fourth-order valence-corrected chi connectivity index (χ4v) is 6.49. The van der Waals surface area contributed by atoms with E-state index in [4.69, 9.17) is 0 Å². The third-order valence-corrected chi connectivity index (χ3v) is 8.74. The van der Waals surface area contributed by atoms with Crippen LogP contribution >= 0.6 is 0 Å². The maximum absolute atomic E-state index is 13.3. The van der Waals surface area contributed by atoms with Crippen molar-refractivity contribution in [2.75, 3.05) is 6.54 Å². The first kappa shape index (κ1) is 27.1. The summed E-state index contributed by atoms with van der Waals surface area (Å²) < 4.78 is 0. The zero-order valence-electron chi connectivity index (χ0n) is 24.2. The zero-order chi connectivity index (χ0) is 29.1. The summed E-state index contributed by atoms with van der Waals surface area (Å²) in [5, 5.41) is 17.0. The normalized spacial score (nSPS) is 15.0. The van der Waals surface area contributed by atoms with Crippen molar-refractivity contribution in [3.8, 4) is 44.5 Å². The molecule has 210 valence electrons. The molecular weight excluding hydrogens is 522 g/mol.